The lowest BCUT2D eigenvalue weighted by atomic mass is 10.1. The highest BCUT2D eigenvalue weighted by molar-refractivity contribution is 7.19. The smallest absolute Gasteiger partial charge is 0.346 e. The first-order valence-electron chi connectivity index (χ1n) is 11.8. The monoisotopic (exact) mass is 562 g/mol. The van der Waals surface area contributed by atoms with Crippen molar-refractivity contribution < 1.29 is 9.90 Å². The third-order valence-corrected chi connectivity index (χ3v) is 8.75. The van der Waals surface area contributed by atoms with E-state index >= 15 is 0 Å². The van der Waals surface area contributed by atoms with E-state index in [-0.39, 0.29) is 5.57 Å². The molecule has 0 amide bonds. The number of nitriles is 1. The molecule has 3 aromatic carbocycles. The molecular formula is C30H18N4O2S3. The number of para-hydroxylation sites is 2. The predicted octanol–water partition coefficient (Wildman–Crippen LogP) is 8.61. The van der Waals surface area contributed by atoms with Gasteiger partial charge in [0.15, 0.2) is 0 Å². The van der Waals surface area contributed by atoms with Crippen LogP contribution in [0.25, 0.3) is 38.0 Å². The molecule has 1 N–H and O–H groups in total. The van der Waals surface area contributed by atoms with Crippen molar-refractivity contribution >= 4 is 73.9 Å². The number of nitrogens with zero attached hydrogens (tertiary/aromatic N) is 4. The lowest BCUT2D eigenvalue weighted by Crippen LogP contribution is -2.07. The van der Waals surface area contributed by atoms with Gasteiger partial charge in [-0.15, -0.1) is 22.7 Å². The first kappa shape index (κ1) is 24.7. The number of carbonyl (C=O) groups is 1. The standard InChI is InChI=1S/C30H18N4O2S3/c31-18-19(30(35)36)17-22-11-14-25(37-22)23-12-13-24(29-28(23)32-39-33-29)26-15-16-27(38-26)34(20-7-3-1-4-8-20)21-9-5-2-6-10-21/h1-17H,(H,35,36). The van der Waals surface area contributed by atoms with Gasteiger partial charge in [0.05, 0.1) is 11.7 Å². The summed E-state index contributed by atoms with van der Waals surface area (Å²) in [4.78, 5) is 16.2. The first-order chi connectivity index (χ1) is 19.1. The Hall–Kier alpha value is -4.62. The number of fused-ring (bicyclic) bond motifs is 1. The SMILES string of the molecule is N#CC(=Cc1ccc(-c2ccc(-c3ccc(N(c4ccccc4)c4ccccc4)s3)c3nsnc23)s1)C(=O)O. The summed E-state index contributed by atoms with van der Waals surface area (Å²) in [5.74, 6) is -1.24. The Kier molecular flexibility index (Phi) is 6.73. The van der Waals surface area contributed by atoms with Crippen LogP contribution >= 0.6 is 34.4 Å². The molecule has 188 valence electrons. The fourth-order valence-corrected chi connectivity index (χ4v) is 6.90. The largest absolute Gasteiger partial charge is 0.477 e. The van der Waals surface area contributed by atoms with Crippen LogP contribution in [0.5, 0.6) is 0 Å². The van der Waals surface area contributed by atoms with E-state index < -0.39 is 5.97 Å². The van der Waals surface area contributed by atoms with Crippen LogP contribution in [0.1, 0.15) is 4.88 Å². The van der Waals surface area contributed by atoms with E-state index in [9.17, 15) is 9.90 Å². The normalized spacial score (nSPS) is 11.4. The van der Waals surface area contributed by atoms with E-state index in [0.717, 1.165) is 48.3 Å². The van der Waals surface area contributed by atoms with Crippen LogP contribution in [-0.2, 0) is 4.79 Å². The fraction of sp³-hybridized carbons (Fsp3) is 0. The van der Waals surface area contributed by atoms with Crippen LogP contribution in [0.2, 0.25) is 0 Å². The van der Waals surface area contributed by atoms with Crippen molar-refractivity contribution in [2.24, 2.45) is 0 Å². The molecule has 0 spiro atoms. The number of anilines is 3. The Bertz CT molecular complexity index is 1830. The Morgan fingerprint density at radius 1 is 0.769 bits per heavy atom. The molecule has 0 fully saturated rings. The number of hydrogen-bond donors (Lipinski definition) is 1. The molecule has 0 bridgehead atoms. The van der Waals surface area contributed by atoms with Gasteiger partial charge in [-0.25, -0.2) is 4.79 Å². The Labute approximate surface area is 236 Å². The van der Waals surface area contributed by atoms with Crippen molar-refractivity contribution in [3.8, 4) is 27.0 Å². The molecule has 0 aliphatic rings. The van der Waals surface area contributed by atoms with Gasteiger partial charge in [0, 0.05) is 37.1 Å². The maximum absolute atomic E-state index is 11.2. The molecule has 3 aromatic heterocycles. The number of thiophene rings is 2. The van der Waals surface area contributed by atoms with Gasteiger partial charge in [-0.2, -0.15) is 14.0 Å². The average molecular weight is 563 g/mol. The van der Waals surface area contributed by atoms with Gasteiger partial charge in [-0.3, -0.25) is 0 Å². The van der Waals surface area contributed by atoms with Crippen molar-refractivity contribution in [3.05, 3.63) is 108 Å². The molecular weight excluding hydrogens is 545 g/mol. The van der Waals surface area contributed by atoms with E-state index in [1.165, 1.54) is 29.1 Å². The van der Waals surface area contributed by atoms with E-state index in [2.05, 4.69) is 56.1 Å². The van der Waals surface area contributed by atoms with Crippen molar-refractivity contribution in [1.29, 1.82) is 5.26 Å². The molecule has 9 heteroatoms. The number of aliphatic carboxylic acids is 1. The van der Waals surface area contributed by atoms with Crippen LogP contribution < -0.4 is 4.90 Å². The predicted molar refractivity (Wildman–Crippen MR) is 160 cm³/mol. The molecule has 0 saturated heterocycles. The molecule has 6 rings (SSSR count). The third-order valence-electron chi connectivity index (χ3n) is 6.05. The van der Waals surface area contributed by atoms with Gasteiger partial charge >= 0.3 is 5.97 Å². The van der Waals surface area contributed by atoms with Crippen LogP contribution in [0, 0.1) is 11.3 Å². The quantitative estimate of drug-likeness (QED) is 0.155. The number of hydrogen-bond acceptors (Lipinski definition) is 8. The first-order valence-corrected chi connectivity index (χ1v) is 14.2. The summed E-state index contributed by atoms with van der Waals surface area (Å²) in [6.07, 6.45) is 1.39. The van der Waals surface area contributed by atoms with Crippen molar-refractivity contribution in [1.82, 2.24) is 8.75 Å². The third kappa shape index (κ3) is 4.84. The van der Waals surface area contributed by atoms with Gasteiger partial charge in [-0.05, 0) is 54.6 Å². The lowest BCUT2D eigenvalue weighted by molar-refractivity contribution is -0.132. The summed E-state index contributed by atoms with van der Waals surface area (Å²) in [5, 5.41) is 19.3. The van der Waals surface area contributed by atoms with Crippen LogP contribution in [-0.4, -0.2) is 19.8 Å². The maximum Gasteiger partial charge on any atom is 0.346 e. The number of benzene rings is 3. The minimum atomic E-state index is -1.24. The molecule has 0 aliphatic heterocycles. The summed E-state index contributed by atoms with van der Waals surface area (Å²) < 4.78 is 9.24. The topological polar surface area (TPSA) is 90.1 Å². The van der Waals surface area contributed by atoms with E-state index in [0.29, 0.717) is 4.88 Å². The molecule has 39 heavy (non-hydrogen) atoms. The summed E-state index contributed by atoms with van der Waals surface area (Å²) in [6, 6.07) is 34.4. The molecule has 6 nitrogen and oxygen atoms in total. The van der Waals surface area contributed by atoms with Crippen LogP contribution in [0.15, 0.2) is 103 Å². The zero-order valence-electron chi connectivity index (χ0n) is 20.2. The molecule has 6 aromatic rings. The Morgan fingerprint density at radius 3 is 1.90 bits per heavy atom. The molecule has 3 heterocycles. The molecule has 0 radical (unpaired) electrons. The minimum Gasteiger partial charge on any atom is -0.477 e. The fourth-order valence-electron chi connectivity index (χ4n) is 4.27. The zero-order valence-corrected chi connectivity index (χ0v) is 22.6. The van der Waals surface area contributed by atoms with E-state index in [1.807, 2.05) is 54.6 Å². The molecule has 0 atom stereocenters. The minimum absolute atomic E-state index is 0.298. The van der Waals surface area contributed by atoms with Gasteiger partial charge in [-0.1, -0.05) is 48.5 Å². The van der Waals surface area contributed by atoms with Gasteiger partial charge in [0.2, 0.25) is 0 Å². The van der Waals surface area contributed by atoms with E-state index in [1.54, 1.807) is 17.4 Å². The molecule has 0 saturated carbocycles. The maximum atomic E-state index is 11.2. The van der Waals surface area contributed by atoms with Crippen LogP contribution in [0.4, 0.5) is 16.4 Å². The summed E-state index contributed by atoms with van der Waals surface area (Å²) in [5.41, 5.74) is 5.42. The second-order valence-corrected chi connectivity index (χ2v) is 11.1. The number of carboxylic acids is 1. The number of aromatic nitrogens is 2. The highest BCUT2D eigenvalue weighted by Gasteiger charge is 2.19. The average Bonchev–Trinajstić information content (AvgIpc) is 3.74. The molecule has 0 aliphatic carbocycles. The van der Waals surface area contributed by atoms with Crippen LogP contribution in [0.3, 0.4) is 0 Å². The highest BCUT2D eigenvalue weighted by atomic mass is 32.1. The second kappa shape index (κ2) is 10.6. The zero-order chi connectivity index (χ0) is 26.8. The second-order valence-electron chi connectivity index (χ2n) is 8.44. The van der Waals surface area contributed by atoms with Gasteiger partial charge in [0.1, 0.15) is 27.7 Å². The highest BCUT2D eigenvalue weighted by Crippen LogP contribution is 2.44. The Balaban J connectivity index is 1.39. The number of carboxylic acid groups (broad SMARTS) is 1. The Morgan fingerprint density at radius 2 is 1.33 bits per heavy atom. The van der Waals surface area contributed by atoms with Gasteiger partial charge < -0.3 is 10.0 Å². The summed E-state index contributed by atoms with van der Waals surface area (Å²) in [7, 11) is 0. The van der Waals surface area contributed by atoms with Gasteiger partial charge in [0.25, 0.3) is 0 Å². The van der Waals surface area contributed by atoms with Crippen molar-refractivity contribution in [2.75, 3.05) is 4.90 Å². The lowest BCUT2D eigenvalue weighted by Gasteiger charge is -2.23. The van der Waals surface area contributed by atoms with E-state index in [4.69, 9.17) is 5.26 Å². The van der Waals surface area contributed by atoms with Crippen molar-refractivity contribution in [2.45, 2.75) is 0 Å². The summed E-state index contributed by atoms with van der Waals surface area (Å²) >= 11 is 4.27. The summed E-state index contributed by atoms with van der Waals surface area (Å²) in [6.45, 7) is 0. The van der Waals surface area contributed by atoms with Crippen molar-refractivity contribution in [3.63, 3.8) is 0 Å². The number of rotatable bonds is 7. The molecule has 0 unspecified atom stereocenters.